The average molecular weight is 229 g/mol. The maximum absolute atomic E-state index is 9.03. The molecule has 0 saturated carbocycles. The van der Waals surface area contributed by atoms with E-state index >= 15 is 0 Å². The second-order valence-electron chi connectivity index (χ2n) is 5.09. The van der Waals surface area contributed by atoms with E-state index in [4.69, 9.17) is 5.26 Å². The third kappa shape index (κ3) is 2.48. The van der Waals surface area contributed by atoms with Crippen LogP contribution < -0.4 is 0 Å². The van der Waals surface area contributed by atoms with Crippen molar-refractivity contribution in [2.24, 2.45) is 0 Å². The van der Waals surface area contributed by atoms with Crippen molar-refractivity contribution >= 4 is 0 Å². The molecule has 2 heterocycles. The number of aryl methyl sites for hydroxylation is 1. The van der Waals surface area contributed by atoms with Crippen molar-refractivity contribution in [3.63, 3.8) is 0 Å². The molecule has 1 aliphatic rings. The Kier molecular flexibility index (Phi) is 3.44. The first-order chi connectivity index (χ1) is 8.11. The number of nitrogens with zero attached hydrogens (tertiary/aromatic N) is 3. The molecule has 1 saturated heterocycles. The molecule has 1 aromatic heterocycles. The van der Waals surface area contributed by atoms with Gasteiger partial charge in [0.2, 0.25) is 0 Å². The van der Waals surface area contributed by atoms with E-state index in [9.17, 15) is 0 Å². The maximum Gasteiger partial charge on any atom is 0.101 e. The molecule has 1 aliphatic heterocycles. The molecule has 1 fully saturated rings. The van der Waals surface area contributed by atoms with E-state index in [2.05, 4.69) is 29.8 Å². The van der Waals surface area contributed by atoms with Gasteiger partial charge >= 0.3 is 0 Å². The molecular formula is C14H19N3. The van der Waals surface area contributed by atoms with Crippen LogP contribution in [0.25, 0.3) is 0 Å². The summed E-state index contributed by atoms with van der Waals surface area (Å²) in [4.78, 5) is 6.81. The van der Waals surface area contributed by atoms with E-state index in [1.54, 1.807) is 0 Å². The van der Waals surface area contributed by atoms with Crippen LogP contribution in [-0.2, 0) is 0 Å². The number of hydrogen-bond donors (Lipinski definition) is 0. The van der Waals surface area contributed by atoms with Gasteiger partial charge in [-0.2, -0.15) is 5.26 Å². The lowest BCUT2D eigenvalue weighted by atomic mass is 9.98. The fraction of sp³-hybridized carbons (Fsp3) is 0.571. The van der Waals surface area contributed by atoms with Gasteiger partial charge in [0, 0.05) is 18.8 Å². The third-order valence-corrected chi connectivity index (χ3v) is 3.65. The molecule has 3 heteroatoms. The van der Waals surface area contributed by atoms with E-state index in [1.165, 1.54) is 12.0 Å². The largest absolute Gasteiger partial charge is 0.300 e. The van der Waals surface area contributed by atoms with E-state index in [1.807, 2.05) is 19.2 Å². The number of hydrogen-bond acceptors (Lipinski definition) is 3. The van der Waals surface area contributed by atoms with Crippen LogP contribution >= 0.6 is 0 Å². The van der Waals surface area contributed by atoms with Crippen molar-refractivity contribution in [3.05, 3.63) is 29.1 Å². The summed E-state index contributed by atoms with van der Waals surface area (Å²) in [5.74, 6) is 0.539. The second-order valence-corrected chi connectivity index (χ2v) is 5.09. The van der Waals surface area contributed by atoms with Crippen LogP contribution in [0.2, 0.25) is 0 Å². The van der Waals surface area contributed by atoms with Gasteiger partial charge in [-0.25, -0.2) is 0 Å². The van der Waals surface area contributed by atoms with Gasteiger partial charge in [-0.1, -0.05) is 0 Å². The van der Waals surface area contributed by atoms with Gasteiger partial charge in [-0.05, 0) is 51.3 Å². The molecule has 1 unspecified atom stereocenters. The normalized spacial score (nSPS) is 20.8. The average Bonchev–Trinajstić information content (AvgIpc) is 2.79. The number of aromatic nitrogens is 1. The van der Waals surface area contributed by atoms with Crippen LogP contribution in [-0.4, -0.2) is 29.0 Å². The Morgan fingerprint density at radius 1 is 1.53 bits per heavy atom. The summed E-state index contributed by atoms with van der Waals surface area (Å²) in [5.41, 5.74) is 2.76. The number of rotatable bonds is 2. The van der Waals surface area contributed by atoms with Gasteiger partial charge in [0.15, 0.2) is 0 Å². The summed E-state index contributed by atoms with van der Waals surface area (Å²) >= 11 is 0. The van der Waals surface area contributed by atoms with Gasteiger partial charge in [-0.15, -0.1) is 0 Å². The molecule has 0 amide bonds. The lowest BCUT2D eigenvalue weighted by molar-refractivity contribution is 0.272. The molecule has 0 spiro atoms. The van der Waals surface area contributed by atoms with E-state index in [0.717, 1.165) is 18.8 Å². The number of pyridine rings is 1. The highest BCUT2D eigenvalue weighted by Gasteiger charge is 2.25. The van der Waals surface area contributed by atoms with Gasteiger partial charge in [0.1, 0.15) is 6.07 Å². The Morgan fingerprint density at radius 3 is 2.88 bits per heavy atom. The fourth-order valence-electron chi connectivity index (χ4n) is 2.41. The summed E-state index contributed by atoms with van der Waals surface area (Å²) in [5, 5.41) is 9.03. The summed E-state index contributed by atoms with van der Waals surface area (Å²) in [7, 11) is 0. The summed E-state index contributed by atoms with van der Waals surface area (Å²) in [6.45, 7) is 8.59. The minimum atomic E-state index is 0.539. The maximum atomic E-state index is 9.03. The van der Waals surface area contributed by atoms with Gasteiger partial charge in [0.05, 0.1) is 11.3 Å². The topological polar surface area (TPSA) is 39.9 Å². The lowest BCUT2D eigenvalue weighted by Gasteiger charge is -2.20. The van der Waals surface area contributed by atoms with Crippen molar-refractivity contribution in [1.29, 1.82) is 5.26 Å². The quantitative estimate of drug-likeness (QED) is 0.782. The van der Waals surface area contributed by atoms with Crippen molar-refractivity contribution in [2.45, 2.75) is 39.2 Å². The number of likely N-dealkylation sites (tertiary alicyclic amines) is 1. The second kappa shape index (κ2) is 4.85. The van der Waals surface area contributed by atoms with Crippen LogP contribution in [0.3, 0.4) is 0 Å². The molecule has 0 N–H and O–H groups in total. The molecule has 2 rings (SSSR count). The summed E-state index contributed by atoms with van der Waals surface area (Å²) in [6.07, 6.45) is 3.11. The van der Waals surface area contributed by atoms with Crippen molar-refractivity contribution < 1.29 is 0 Å². The highest BCUT2D eigenvalue weighted by Crippen LogP contribution is 2.28. The van der Waals surface area contributed by atoms with Gasteiger partial charge in [-0.3, -0.25) is 4.98 Å². The minimum Gasteiger partial charge on any atom is -0.300 e. The predicted molar refractivity (Wildman–Crippen MR) is 67.8 cm³/mol. The van der Waals surface area contributed by atoms with Crippen LogP contribution in [0.4, 0.5) is 0 Å². The monoisotopic (exact) mass is 229 g/mol. The van der Waals surface area contributed by atoms with Crippen molar-refractivity contribution in [1.82, 2.24) is 9.88 Å². The van der Waals surface area contributed by atoms with Crippen LogP contribution in [0, 0.1) is 18.3 Å². The Hall–Kier alpha value is -1.40. The van der Waals surface area contributed by atoms with E-state index < -0.39 is 0 Å². The highest BCUT2D eigenvalue weighted by molar-refractivity contribution is 5.36. The van der Waals surface area contributed by atoms with Crippen LogP contribution in [0.5, 0.6) is 0 Å². The van der Waals surface area contributed by atoms with Crippen molar-refractivity contribution in [3.8, 4) is 6.07 Å². The molecule has 0 bridgehead atoms. The molecular weight excluding hydrogens is 210 g/mol. The third-order valence-electron chi connectivity index (χ3n) is 3.65. The number of nitriles is 1. The molecule has 3 nitrogen and oxygen atoms in total. The fourth-order valence-corrected chi connectivity index (χ4v) is 2.41. The molecule has 0 radical (unpaired) electrons. The molecule has 17 heavy (non-hydrogen) atoms. The Morgan fingerprint density at radius 2 is 2.29 bits per heavy atom. The summed E-state index contributed by atoms with van der Waals surface area (Å²) in [6, 6.07) is 4.83. The zero-order chi connectivity index (χ0) is 12.4. The lowest BCUT2D eigenvalue weighted by Crippen LogP contribution is -2.27. The Bertz CT molecular complexity index is 445. The Balaban J connectivity index is 2.17. The van der Waals surface area contributed by atoms with Gasteiger partial charge < -0.3 is 4.90 Å². The first kappa shape index (κ1) is 12.1. The van der Waals surface area contributed by atoms with Gasteiger partial charge in [0.25, 0.3) is 0 Å². The highest BCUT2D eigenvalue weighted by atomic mass is 15.2. The molecule has 0 aromatic carbocycles. The smallest absolute Gasteiger partial charge is 0.101 e. The SMILES string of the molecule is Cc1ncc(C2CCN(C(C)C)C2)cc1C#N. The van der Waals surface area contributed by atoms with Crippen LogP contribution in [0.15, 0.2) is 12.3 Å². The first-order valence-corrected chi connectivity index (χ1v) is 6.22. The molecule has 0 aliphatic carbocycles. The van der Waals surface area contributed by atoms with Crippen LogP contribution in [0.1, 0.15) is 43.0 Å². The van der Waals surface area contributed by atoms with E-state index in [0.29, 0.717) is 17.5 Å². The molecule has 90 valence electrons. The Labute approximate surface area is 103 Å². The standard InChI is InChI=1S/C14H19N3/c1-10(2)17-5-4-12(9-17)14-6-13(7-15)11(3)16-8-14/h6,8,10,12H,4-5,9H2,1-3H3. The first-order valence-electron chi connectivity index (χ1n) is 6.22. The zero-order valence-electron chi connectivity index (χ0n) is 10.8. The molecule has 1 atom stereocenters. The zero-order valence-corrected chi connectivity index (χ0v) is 10.8. The predicted octanol–water partition coefficient (Wildman–Crippen LogP) is 2.46. The summed E-state index contributed by atoms with van der Waals surface area (Å²) < 4.78 is 0. The molecule has 1 aromatic rings. The van der Waals surface area contributed by atoms with E-state index in [-0.39, 0.29) is 0 Å². The minimum absolute atomic E-state index is 0.539. The van der Waals surface area contributed by atoms with Crippen molar-refractivity contribution in [2.75, 3.05) is 13.1 Å².